The number of nitrogens with zero attached hydrogens (tertiary/aromatic N) is 2. The summed E-state index contributed by atoms with van der Waals surface area (Å²) in [5, 5.41) is 7.29. The van der Waals surface area contributed by atoms with Gasteiger partial charge in [-0.25, -0.2) is 0 Å². The Hall–Kier alpha value is -1.35. The number of alkyl halides is 3. The molecule has 20 heavy (non-hydrogen) atoms. The number of halogens is 4. The summed E-state index contributed by atoms with van der Waals surface area (Å²) < 4.78 is 36.9. The van der Waals surface area contributed by atoms with Crippen molar-refractivity contribution in [1.82, 2.24) is 15.2 Å². The number of hydrogen-bond acceptors (Lipinski definition) is 4. The summed E-state index contributed by atoms with van der Waals surface area (Å²) in [5.41, 5.74) is 4.75. The third-order valence-electron chi connectivity index (χ3n) is 3.21. The van der Waals surface area contributed by atoms with Crippen molar-refractivity contribution in [1.29, 1.82) is 0 Å². The number of anilines is 1. The molecule has 0 fully saturated rings. The lowest BCUT2D eigenvalue weighted by Crippen LogP contribution is -2.41. The lowest BCUT2D eigenvalue weighted by atomic mass is 9.81. The van der Waals surface area contributed by atoms with Gasteiger partial charge in [0.05, 0.1) is 5.41 Å². The van der Waals surface area contributed by atoms with Crippen LogP contribution in [0.3, 0.4) is 0 Å². The van der Waals surface area contributed by atoms with Crippen molar-refractivity contribution in [3.63, 3.8) is 0 Å². The molecule has 0 saturated heterocycles. The predicted octanol–water partition coefficient (Wildman–Crippen LogP) is 1.95. The summed E-state index contributed by atoms with van der Waals surface area (Å²) in [6.45, 7) is 3.67. The van der Waals surface area contributed by atoms with Gasteiger partial charge in [0.1, 0.15) is 0 Å². The summed E-state index contributed by atoms with van der Waals surface area (Å²) in [6, 6.07) is 0. The monoisotopic (exact) mass is 315 g/mol. The number of aromatic nitrogens is 3. The van der Waals surface area contributed by atoms with E-state index in [4.69, 9.17) is 5.73 Å². The van der Waals surface area contributed by atoms with Crippen molar-refractivity contribution in [3.05, 3.63) is 5.82 Å². The van der Waals surface area contributed by atoms with E-state index in [2.05, 4.69) is 15.4 Å². The highest BCUT2D eigenvalue weighted by Crippen LogP contribution is 2.28. The topological polar surface area (TPSA) is 96.7 Å². The Morgan fingerprint density at radius 3 is 2.25 bits per heavy atom. The van der Waals surface area contributed by atoms with E-state index < -0.39 is 29.3 Å². The maximum atomic E-state index is 12.3. The van der Waals surface area contributed by atoms with Crippen molar-refractivity contribution in [2.24, 2.45) is 11.1 Å². The number of carbonyl (C=O) groups excluding carboxylic acids is 1. The molecule has 0 aliphatic carbocycles. The van der Waals surface area contributed by atoms with Gasteiger partial charge in [0.15, 0.2) is 0 Å². The van der Waals surface area contributed by atoms with Gasteiger partial charge in [-0.05, 0) is 12.8 Å². The van der Waals surface area contributed by atoms with Crippen LogP contribution in [0.2, 0.25) is 0 Å². The molecule has 0 unspecified atom stereocenters. The van der Waals surface area contributed by atoms with Crippen LogP contribution in [0.4, 0.5) is 19.1 Å². The van der Waals surface area contributed by atoms with Crippen LogP contribution in [-0.4, -0.2) is 27.6 Å². The Bertz CT molecular complexity index is 436. The maximum Gasteiger partial charge on any atom is 0.451 e. The fraction of sp³-hybridized carbons (Fsp3) is 0.700. The quantitative estimate of drug-likeness (QED) is 0.773. The van der Waals surface area contributed by atoms with Gasteiger partial charge in [-0.15, -0.1) is 17.5 Å². The number of H-pyrrole nitrogens is 1. The number of hydrogen-bond donors (Lipinski definition) is 3. The molecule has 1 aromatic heterocycles. The predicted molar refractivity (Wildman–Crippen MR) is 69.3 cm³/mol. The average molecular weight is 316 g/mol. The third kappa shape index (κ3) is 3.83. The van der Waals surface area contributed by atoms with Crippen LogP contribution >= 0.6 is 12.4 Å². The second-order valence-corrected chi connectivity index (χ2v) is 4.15. The van der Waals surface area contributed by atoms with Crippen LogP contribution in [-0.2, 0) is 11.0 Å². The zero-order chi connectivity index (χ0) is 14.7. The highest BCUT2D eigenvalue weighted by Gasteiger charge is 2.37. The summed E-state index contributed by atoms with van der Waals surface area (Å²) in [6.07, 6.45) is -3.68. The van der Waals surface area contributed by atoms with E-state index >= 15 is 0 Å². The molecule has 1 rings (SSSR count). The Morgan fingerprint density at radius 2 is 1.90 bits per heavy atom. The van der Waals surface area contributed by atoms with Crippen molar-refractivity contribution in [3.8, 4) is 0 Å². The molecule has 10 heteroatoms. The third-order valence-corrected chi connectivity index (χ3v) is 3.21. The van der Waals surface area contributed by atoms with Gasteiger partial charge in [0.25, 0.3) is 0 Å². The van der Waals surface area contributed by atoms with Gasteiger partial charge < -0.3 is 5.73 Å². The van der Waals surface area contributed by atoms with E-state index in [1.807, 2.05) is 0 Å². The van der Waals surface area contributed by atoms with Gasteiger partial charge in [-0.3, -0.25) is 15.2 Å². The summed E-state index contributed by atoms with van der Waals surface area (Å²) >= 11 is 0. The van der Waals surface area contributed by atoms with E-state index in [0.717, 1.165) is 0 Å². The van der Waals surface area contributed by atoms with Crippen LogP contribution in [0.5, 0.6) is 0 Å². The van der Waals surface area contributed by atoms with Gasteiger partial charge in [-0.1, -0.05) is 13.8 Å². The minimum atomic E-state index is -4.63. The van der Waals surface area contributed by atoms with Crippen molar-refractivity contribution >= 4 is 24.3 Å². The summed E-state index contributed by atoms with van der Waals surface area (Å²) in [4.78, 5) is 15.2. The van der Waals surface area contributed by atoms with Gasteiger partial charge in [0, 0.05) is 6.54 Å². The van der Waals surface area contributed by atoms with E-state index in [-0.39, 0.29) is 19.0 Å². The fourth-order valence-corrected chi connectivity index (χ4v) is 1.63. The molecule has 0 atom stereocenters. The molecular weight excluding hydrogens is 299 g/mol. The largest absolute Gasteiger partial charge is 0.451 e. The molecule has 1 aromatic rings. The molecule has 116 valence electrons. The molecule has 0 aliphatic heterocycles. The number of amides is 1. The lowest BCUT2D eigenvalue weighted by Gasteiger charge is -2.27. The van der Waals surface area contributed by atoms with E-state index in [1.54, 1.807) is 18.9 Å². The SMILES string of the molecule is CCC(CC)(CN)C(=O)Nc1n[nH]c(C(F)(F)F)n1.Cl. The lowest BCUT2D eigenvalue weighted by molar-refractivity contribution is -0.144. The smallest absolute Gasteiger partial charge is 0.329 e. The highest BCUT2D eigenvalue weighted by molar-refractivity contribution is 5.94. The molecule has 0 bridgehead atoms. The fourth-order valence-electron chi connectivity index (χ4n) is 1.63. The van der Waals surface area contributed by atoms with Crippen LogP contribution in [0, 0.1) is 5.41 Å². The molecule has 0 aromatic carbocycles. The maximum absolute atomic E-state index is 12.3. The molecule has 4 N–H and O–H groups in total. The van der Waals surface area contributed by atoms with Crippen LogP contribution in [0.25, 0.3) is 0 Å². The van der Waals surface area contributed by atoms with E-state index in [1.165, 1.54) is 0 Å². The molecule has 0 radical (unpaired) electrons. The van der Waals surface area contributed by atoms with Gasteiger partial charge >= 0.3 is 6.18 Å². The minimum absolute atomic E-state index is 0. The number of carbonyl (C=O) groups is 1. The Kier molecular flexibility index (Phi) is 6.42. The normalized spacial score (nSPS) is 11.9. The van der Waals surface area contributed by atoms with E-state index in [9.17, 15) is 18.0 Å². The van der Waals surface area contributed by atoms with Crippen LogP contribution in [0.1, 0.15) is 32.5 Å². The Morgan fingerprint density at radius 1 is 1.35 bits per heavy atom. The first kappa shape index (κ1) is 18.7. The van der Waals surface area contributed by atoms with Crippen molar-refractivity contribution < 1.29 is 18.0 Å². The van der Waals surface area contributed by atoms with Crippen LogP contribution < -0.4 is 11.1 Å². The van der Waals surface area contributed by atoms with Crippen molar-refractivity contribution in [2.45, 2.75) is 32.9 Å². The highest BCUT2D eigenvalue weighted by atomic mass is 35.5. The molecule has 0 spiro atoms. The Balaban J connectivity index is 0.00000361. The molecule has 1 amide bonds. The number of nitrogens with two attached hydrogens (primary N) is 1. The van der Waals surface area contributed by atoms with E-state index in [0.29, 0.717) is 12.8 Å². The molecule has 0 saturated carbocycles. The average Bonchev–Trinajstić information content (AvgIpc) is 2.80. The molecular formula is C10H17ClF3N5O. The first-order valence-corrected chi connectivity index (χ1v) is 5.80. The minimum Gasteiger partial charge on any atom is -0.329 e. The van der Waals surface area contributed by atoms with Crippen LogP contribution in [0.15, 0.2) is 0 Å². The number of nitrogens with one attached hydrogen (secondary N) is 2. The van der Waals surface area contributed by atoms with Crippen molar-refractivity contribution in [2.75, 3.05) is 11.9 Å². The summed E-state index contributed by atoms with van der Waals surface area (Å²) in [7, 11) is 0. The summed E-state index contributed by atoms with van der Waals surface area (Å²) in [5.74, 6) is -2.14. The number of rotatable bonds is 5. The zero-order valence-electron chi connectivity index (χ0n) is 11.0. The second kappa shape index (κ2) is 6.89. The second-order valence-electron chi connectivity index (χ2n) is 4.15. The standard InChI is InChI=1S/C10H16F3N5O.ClH/c1-3-9(4-2,5-14)7(19)16-8-15-6(17-18-8)10(11,12)13;/h3-5,14H2,1-2H3,(H2,15,16,17,18,19);1H. The molecule has 6 nitrogen and oxygen atoms in total. The first-order chi connectivity index (χ1) is 8.79. The van der Waals surface area contributed by atoms with Gasteiger partial charge in [-0.2, -0.15) is 18.2 Å². The first-order valence-electron chi connectivity index (χ1n) is 5.80. The Labute approximate surface area is 120 Å². The number of aromatic amines is 1. The van der Waals surface area contributed by atoms with Gasteiger partial charge in [0.2, 0.25) is 17.7 Å². The molecule has 1 heterocycles. The zero-order valence-corrected chi connectivity index (χ0v) is 11.9. The molecule has 0 aliphatic rings.